The minimum absolute atomic E-state index is 0.103. The Hall–Kier alpha value is -2.07. The van der Waals surface area contributed by atoms with Crippen LogP contribution in [0.2, 0.25) is 0 Å². The highest BCUT2D eigenvalue weighted by atomic mass is 16.5. The second kappa shape index (κ2) is 5.71. The van der Waals surface area contributed by atoms with Gasteiger partial charge in [0.1, 0.15) is 5.75 Å². The van der Waals surface area contributed by atoms with E-state index in [-0.39, 0.29) is 18.3 Å². The van der Waals surface area contributed by atoms with E-state index >= 15 is 0 Å². The maximum Gasteiger partial charge on any atom is 0.253 e. The standard InChI is InChI=1S/C15H17NO3/c1-10(2)19-13-5-3-4-11(8-13)14-7-6-12(9-17)15(18)16-14/h3-8,10,17H,9H2,1-2H3,(H,16,18). The summed E-state index contributed by atoms with van der Waals surface area (Å²) in [4.78, 5) is 14.4. The zero-order valence-corrected chi connectivity index (χ0v) is 11.0. The number of rotatable bonds is 4. The topological polar surface area (TPSA) is 62.3 Å². The SMILES string of the molecule is CC(C)Oc1cccc(-c2ccc(CO)c(=O)[nH]2)c1. The molecule has 0 amide bonds. The Bertz CT molecular complexity index is 617. The molecule has 0 unspecified atom stereocenters. The van der Waals surface area contributed by atoms with Crippen LogP contribution in [-0.2, 0) is 6.61 Å². The summed E-state index contributed by atoms with van der Waals surface area (Å²) < 4.78 is 5.62. The first-order valence-corrected chi connectivity index (χ1v) is 6.20. The minimum Gasteiger partial charge on any atom is -0.491 e. The van der Waals surface area contributed by atoms with Crippen molar-refractivity contribution in [2.45, 2.75) is 26.6 Å². The number of aliphatic hydroxyl groups excluding tert-OH is 1. The monoisotopic (exact) mass is 259 g/mol. The van der Waals surface area contributed by atoms with Crippen LogP contribution in [0, 0.1) is 0 Å². The highest BCUT2D eigenvalue weighted by Gasteiger charge is 2.04. The number of H-pyrrole nitrogens is 1. The lowest BCUT2D eigenvalue weighted by Crippen LogP contribution is -2.12. The van der Waals surface area contributed by atoms with Crippen molar-refractivity contribution in [2.24, 2.45) is 0 Å². The van der Waals surface area contributed by atoms with Crippen molar-refractivity contribution in [3.05, 3.63) is 52.3 Å². The Balaban J connectivity index is 2.36. The number of hydrogen-bond donors (Lipinski definition) is 2. The molecule has 0 saturated heterocycles. The third kappa shape index (κ3) is 3.23. The molecule has 0 bridgehead atoms. The smallest absolute Gasteiger partial charge is 0.253 e. The molecule has 4 nitrogen and oxygen atoms in total. The fraction of sp³-hybridized carbons (Fsp3) is 0.267. The van der Waals surface area contributed by atoms with Crippen molar-refractivity contribution in [2.75, 3.05) is 0 Å². The van der Waals surface area contributed by atoms with Crippen molar-refractivity contribution < 1.29 is 9.84 Å². The van der Waals surface area contributed by atoms with Crippen molar-refractivity contribution in [1.29, 1.82) is 0 Å². The van der Waals surface area contributed by atoms with E-state index in [4.69, 9.17) is 9.84 Å². The average Bonchev–Trinajstić information content (AvgIpc) is 2.38. The van der Waals surface area contributed by atoms with Gasteiger partial charge in [-0.25, -0.2) is 0 Å². The van der Waals surface area contributed by atoms with E-state index in [1.807, 2.05) is 38.1 Å². The number of benzene rings is 1. The number of aromatic nitrogens is 1. The van der Waals surface area contributed by atoms with Crippen molar-refractivity contribution in [3.63, 3.8) is 0 Å². The Morgan fingerprint density at radius 3 is 2.68 bits per heavy atom. The number of hydrogen-bond acceptors (Lipinski definition) is 3. The third-order valence-electron chi connectivity index (χ3n) is 2.68. The van der Waals surface area contributed by atoms with Crippen LogP contribution in [0.25, 0.3) is 11.3 Å². The summed E-state index contributed by atoms with van der Waals surface area (Å²) in [7, 11) is 0. The van der Waals surface area contributed by atoms with Gasteiger partial charge in [0.15, 0.2) is 0 Å². The number of ether oxygens (including phenoxy) is 1. The molecule has 0 atom stereocenters. The molecule has 1 aromatic carbocycles. The molecular formula is C15H17NO3. The molecule has 2 N–H and O–H groups in total. The zero-order chi connectivity index (χ0) is 13.8. The van der Waals surface area contributed by atoms with Crippen LogP contribution in [0.4, 0.5) is 0 Å². The largest absolute Gasteiger partial charge is 0.491 e. The lowest BCUT2D eigenvalue weighted by atomic mass is 10.1. The number of aromatic amines is 1. The van der Waals surface area contributed by atoms with Gasteiger partial charge in [-0.2, -0.15) is 0 Å². The number of aliphatic hydroxyl groups is 1. The lowest BCUT2D eigenvalue weighted by molar-refractivity contribution is 0.242. The molecule has 4 heteroatoms. The molecule has 0 saturated carbocycles. The van der Waals surface area contributed by atoms with Gasteiger partial charge in [-0.1, -0.05) is 12.1 Å². The maximum absolute atomic E-state index is 11.7. The van der Waals surface area contributed by atoms with E-state index in [0.717, 1.165) is 11.3 Å². The Labute approximate surface area is 111 Å². The Morgan fingerprint density at radius 1 is 1.26 bits per heavy atom. The van der Waals surface area contributed by atoms with Crippen LogP contribution in [0.5, 0.6) is 5.75 Å². The average molecular weight is 259 g/mol. The first-order valence-electron chi connectivity index (χ1n) is 6.20. The molecule has 1 heterocycles. The number of nitrogens with one attached hydrogen (secondary N) is 1. The molecule has 2 rings (SSSR count). The fourth-order valence-corrected chi connectivity index (χ4v) is 1.81. The van der Waals surface area contributed by atoms with E-state index < -0.39 is 0 Å². The minimum atomic E-state index is -0.268. The predicted molar refractivity (Wildman–Crippen MR) is 74.2 cm³/mol. The zero-order valence-electron chi connectivity index (χ0n) is 11.0. The van der Waals surface area contributed by atoms with Crippen LogP contribution in [0.15, 0.2) is 41.2 Å². The normalized spacial score (nSPS) is 10.7. The van der Waals surface area contributed by atoms with E-state index in [1.165, 1.54) is 0 Å². The summed E-state index contributed by atoms with van der Waals surface area (Å²) in [5, 5.41) is 8.98. The van der Waals surface area contributed by atoms with Gasteiger partial charge in [0.05, 0.1) is 12.7 Å². The molecule has 100 valence electrons. The van der Waals surface area contributed by atoms with E-state index in [9.17, 15) is 4.79 Å². The summed E-state index contributed by atoms with van der Waals surface area (Å²) in [6.07, 6.45) is 0.103. The molecule has 0 aliphatic carbocycles. The summed E-state index contributed by atoms with van der Waals surface area (Å²) >= 11 is 0. The van der Waals surface area contributed by atoms with Gasteiger partial charge in [0.25, 0.3) is 5.56 Å². The second-order valence-corrected chi connectivity index (χ2v) is 4.58. The highest BCUT2D eigenvalue weighted by Crippen LogP contribution is 2.22. The molecule has 1 aromatic heterocycles. The van der Waals surface area contributed by atoms with Crippen LogP contribution < -0.4 is 10.3 Å². The molecule has 0 fully saturated rings. The summed E-state index contributed by atoms with van der Waals surface area (Å²) in [5.74, 6) is 0.764. The second-order valence-electron chi connectivity index (χ2n) is 4.58. The van der Waals surface area contributed by atoms with Crippen LogP contribution in [0.3, 0.4) is 0 Å². The van der Waals surface area contributed by atoms with Crippen LogP contribution in [-0.4, -0.2) is 16.2 Å². The fourth-order valence-electron chi connectivity index (χ4n) is 1.81. The van der Waals surface area contributed by atoms with Crippen LogP contribution >= 0.6 is 0 Å². The van der Waals surface area contributed by atoms with Gasteiger partial charge in [-0.05, 0) is 38.1 Å². The van der Waals surface area contributed by atoms with Crippen molar-refractivity contribution >= 4 is 0 Å². The lowest BCUT2D eigenvalue weighted by Gasteiger charge is -2.11. The maximum atomic E-state index is 11.7. The van der Waals surface area contributed by atoms with Gasteiger partial charge in [0, 0.05) is 16.8 Å². The Kier molecular flexibility index (Phi) is 4.02. The Morgan fingerprint density at radius 2 is 2.05 bits per heavy atom. The third-order valence-corrected chi connectivity index (χ3v) is 2.68. The van der Waals surface area contributed by atoms with Gasteiger partial charge in [-0.3, -0.25) is 4.79 Å². The first kappa shape index (κ1) is 13.4. The predicted octanol–water partition coefficient (Wildman–Crippen LogP) is 2.32. The van der Waals surface area contributed by atoms with Gasteiger partial charge >= 0.3 is 0 Å². The van der Waals surface area contributed by atoms with Crippen molar-refractivity contribution in [1.82, 2.24) is 4.98 Å². The molecular weight excluding hydrogens is 242 g/mol. The van der Waals surface area contributed by atoms with E-state index in [0.29, 0.717) is 11.3 Å². The van der Waals surface area contributed by atoms with Crippen molar-refractivity contribution in [3.8, 4) is 17.0 Å². The molecule has 0 spiro atoms. The summed E-state index contributed by atoms with van der Waals surface area (Å²) in [6, 6.07) is 10.9. The molecule has 0 aliphatic heterocycles. The number of pyridine rings is 1. The van der Waals surface area contributed by atoms with Gasteiger partial charge in [-0.15, -0.1) is 0 Å². The molecule has 0 aliphatic rings. The first-order chi connectivity index (χ1) is 9.10. The molecule has 0 radical (unpaired) electrons. The van der Waals surface area contributed by atoms with Crippen LogP contribution in [0.1, 0.15) is 19.4 Å². The van der Waals surface area contributed by atoms with E-state index in [2.05, 4.69) is 4.98 Å². The molecule has 19 heavy (non-hydrogen) atoms. The van der Waals surface area contributed by atoms with Gasteiger partial charge < -0.3 is 14.8 Å². The summed E-state index contributed by atoms with van der Waals surface area (Å²) in [5.41, 5.74) is 1.67. The summed E-state index contributed by atoms with van der Waals surface area (Å²) in [6.45, 7) is 3.67. The molecule has 2 aromatic rings. The highest BCUT2D eigenvalue weighted by molar-refractivity contribution is 5.61. The quantitative estimate of drug-likeness (QED) is 0.885. The van der Waals surface area contributed by atoms with Gasteiger partial charge in [0.2, 0.25) is 0 Å². The van der Waals surface area contributed by atoms with E-state index in [1.54, 1.807) is 12.1 Å².